The van der Waals surface area contributed by atoms with Crippen molar-refractivity contribution in [3.8, 4) is 0 Å². The number of hydrogen-bond donors (Lipinski definition) is 2. The molecule has 0 spiro atoms. The molecule has 0 saturated carbocycles. The van der Waals surface area contributed by atoms with E-state index < -0.39 is 0 Å². The average Bonchev–Trinajstić information content (AvgIpc) is 2.22. The molecule has 98 valence electrons. The van der Waals surface area contributed by atoms with Crippen LogP contribution in [0.25, 0.3) is 0 Å². The van der Waals surface area contributed by atoms with Crippen molar-refractivity contribution < 1.29 is 4.74 Å². The highest BCUT2D eigenvalue weighted by atomic mass is 127. The van der Waals surface area contributed by atoms with E-state index in [2.05, 4.69) is 29.5 Å². The summed E-state index contributed by atoms with van der Waals surface area (Å²) in [5.74, 6) is 1.51. The summed E-state index contributed by atoms with van der Waals surface area (Å²) in [5.41, 5.74) is 0. The van der Waals surface area contributed by atoms with Crippen LogP contribution < -0.4 is 10.6 Å². The van der Waals surface area contributed by atoms with Crippen LogP contribution in [0, 0.1) is 5.92 Å². The number of ether oxygens (including phenoxy) is 1. The smallest absolute Gasteiger partial charge is 0.190 e. The van der Waals surface area contributed by atoms with Crippen molar-refractivity contribution >= 4 is 29.9 Å². The van der Waals surface area contributed by atoms with E-state index in [1.165, 1.54) is 0 Å². The zero-order valence-electron chi connectivity index (χ0n) is 10.9. The summed E-state index contributed by atoms with van der Waals surface area (Å²) < 4.78 is 5.25. The minimum atomic E-state index is 0. The van der Waals surface area contributed by atoms with E-state index in [0.29, 0.717) is 5.92 Å². The molecule has 5 heteroatoms. The Balaban J connectivity index is 0. The van der Waals surface area contributed by atoms with Crippen molar-refractivity contribution in [2.24, 2.45) is 10.9 Å². The van der Waals surface area contributed by atoms with Gasteiger partial charge < -0.3 is 15.4 Å². The molecule has 0 atom stereocenters. The van der Waals surface area contributed by atoms with Gasteiger partial charge in [0, 0.05) is 33.4 Å². The summed E-state index contributed by atoms with van der Waals surface area (Å²) in [5, 5.41) is 6.50. The molecular formula is C11H26IN3O. The summed E-state index contributed by atoms with van der Waals surface area (Å²) in [6.07, 6.45) is 1.01. The highest BCUT2D eigenvalue weighted by molar-refractivity contribution is 14.0. The highest BCUT2D eigenvalue weighted by Gasteiger charge is 1.97. The molecule has 4 nitrogen and oxygen atoms in total. The van der Waals surface area contributed by atoms with Crippen LogP contribution in [0.1, 0.15) is 27.2 Å². The zero-order chi connectivity index (χ0) is 11.5. The molecule has 0 aromatic heterocycles. The number of nitrogens with zero attached hydrogens (tertiary/aromatic N) is 1. The third kappa shape index (κ3) is 12.0. The molecule has 0 fully saturated rings. The fourth-order valence-corrected chi connectivity index (χ4v) is 1.05. The van der Waals surface area contributed by atoms with Crippen molar-refractivity contribution in [1.29, 1.82) is 0 Å². The van der Waals surface area contributed by atoms with Crippen molar-refractivity contribution in [2.75, 3.05) is 33.4 Å². The van der Waals surface area contributed by atoms with Crippen LogP contribution in [0.15, 0.2) is 4.99 Å². The molecule has 0 unspecified atom stereocenters. The van der Waals surface area contributed by atoms with Gasteiger partial charge >= 0.3 is 0 Å². The molecule has 0 saturated heterocycles. The van der Waals surface area contributed by atoms with Crippen molar-refractivity contribution in [1.82, 2.24) is 10.6 Å². The topological polar surface area (TPSA) is 45.6 Å². The van der Waals surface area contributed by atoms with Crippen molar-refractivity contribution in [3.05, 3.63) is 0 Å². The lowest BCUT2D eigenvalue weighted by Gasteiger charge is -2.13. The molecule has 0 amide bonds. The molecule has 0 heterocycles. The minimum Gasteiger partial charge on any atom is -0.382 e. The quantitative estimate of drug-likeness (QED) is 0.321. The maximum Gasteiger partial charge on any atom is 0.190 e. The summed E-state index contributed by atoms with van der Waals surface area (Å²) in [4.78, 5) is 4.13. The Hall–Kier alpha value is -0.0400. The SMILES string of the molecule is CCOCCCNC(=NC)NCC(C)C.I. The zero-order valence-corrected chi connectivity index (χ0v) is 13.2. The molecule has 0 bridgehead atoms. The van der Waals surface area contributed by atoms with Crippen LogP contribution in [0.4, 0.5) is 0 Å². The van der Waals surface area contributed by atoms with Crippen LogP contribution in [0.3, 0.4) is 0 Å². The monoisotopic (exact) mass is 343 g/mol. The molecule has 0 radical (unpaired) electrons. The Morgan fingerprint density at radius 2 is 2.00 bits per heavy atom. The van der Waals surface area contributed by atoms with Gasteiger partial charge in [-0.3, -0.25) is 4.99 Å². The normalized spacial score (nSPS) is 11.2. The number of aliphatic imine (C=N–C) groups is 1. The predicted molar refractivity (Wildman–Crippen MR) is 80.7 cm³/mol. The first kappa shape index (κ1) is 18.3. The van der Waals surface area contributed by atoms with Crippen LogP contribution in [0.5, 0.6) is 0 Å². The van der Waals surface area contributed by atoms with Gasteiger partial charge in [0.25, 0.3) is 0 Å². The molecule has 0 aromatic rings. The Morgan fingerprint density at radius 3 is 2.50 bits per heavy atom. The van der Waals surface area contributed by atoms with E-state index in [4.69, 9.17) is 4.74 Å². The molecule has 0 aliphatic heterocycles. The number of nitrogens with one attached hydrogen (secondary N) is 2. The van der Waals surface area contributed by atoms with Crippen LogP contribution in [0.2, 0.25) is 0 Å². The third-order valence-electron chi connectivity index (χ3n) is 1.86. The second kappa shape index (κ2) is 13.0. The summed E-state index contributed by atoms with van der Waals surface area (Å²) >= 11 is 0. The third-order valence-corrected chi connectivity index (χ3v) is 1.86. The van der Waals surface area contributed by atoms with Crippen molar-refractivity contribution in [3.63, 3.8) is 0 Å². The lowest BCUT2D eigenvalue weighted by Crippen LogP contribution is -2.39. The van der Waals surface area contributed by atoms with Gasteiger partial charge in [-0.15, -0.1) is 24.0 Å². The van der Waals surface area contributed by atoms with E-state index in [1.807, 2.05) is 6.92 Å². The van der Waals surface area contributed by atoms with Crippen LogP contribution >= 0.6 is 24.0 Å². The maximum absolute atomic E-state index is 5.25. The molecule has 0 rings (SSSR count). The van der Waals surface area contributed by atoms with E-state index >= 15 is 0 Å². The first-order chi connectivity index (χ1) is 7.20. The van der Waals surface area contributed by atoms with E-state index in [9.17, 15) is 0 Å². The standard InChI is InChI=1S/C11H25N3O.HI/c1-5-15-8-6-7-13-11(12-4)14-9-10(2)3;/h10H,5-9H2,1-4H3,(H2,12,13,14);1H. The summed E-state index contributed by atoms with van der Waals surface area (Å²) in [7, 11) is 1.79. The number of hydrogen-bond acceptors (Lipinski definition) is 2. The molecule has 0 aliphatic carbocycles. The van der Waals surface area contributed by atoms with Gasteiger partial charge in [0.2, 0.25) is 0 Å². The Morgan fingerprint density at radius 1 is 1.31 bits per heavy atom. The predicted octanol–water partition coefficient (Wildman–Crippen LogP) is 1.85. The minimum absolute atomic E-state index is 0. The number of halogens is 1. The summed E-state index contributed by atoms with van der Waals surface area (Å²) in [6.45, 7) is 9.81. The Kier molecular flexibility index (Phi) is 14.9. The maximum atomic E-state index is 5.25. The van der Waals surface area contributed by atoms with E-state index in [1.54, 1.807) is 7.05 Å². The molecule has 16 heavy (non-hydrogen) atoms. The van der Waals surface area contributed by atoms with Gasteiger partial charge in [-0.1, -0.05) is 13.8 Å². The average molecular weight is 343 g/mol. The number of guanidine groups is 1. The Bertz CT molecular complexity index is 175. The fraction of sp³-hybridized carbons (Fsp3) is 0.909. The van der Waals surface area contributed by atoms with Gasteiger partial charge in [0.1, 0.15) is 0 Å². The largest absolute Gasteiger partial charge is 0.382 e. The lowest BCUT2D eigenvalue weighted by atomic mass is 10.2. The first-order valence-electron chi connectivity index (χ1n) is 5.73. The van der Waals surface area contributed by atoms with E-state index in [-0.39, 0.29) is 24.0 Å². The van der Waals surface area contributed by atoms with E-state index in [0.717, 1.165) is 38.7 Å². The molecule has 2 N–H and O–H groups in total. The molecule has 0 aliphatic rings. The van der Waals surface area contributed by atoms with Crippen molar-refractivity contribution in [2.45, 2.75) is 27.2 Å². The lowest BCUT2D eigenvalue weighted by molar-refractivity contribution is 0.145. The first-order valence-corrected chi connectivity index (χ1v) is 5.73. The fourth-order valence-electron chi connectivity index (χ4n) is 1.05. The Labute approximate surface area is 117 Å². The van der Waals surface area contributed by atoms with Gasteiger partial charge in [-0.05, 0) is 19.3 Å². The second-order valence-electron chi connectivity index (χ2n) is 3.82. The second-order valence-corrected chi connectivity index (χ2v) is 3.82. The van der Waals surface area contributed by atoms with Gasteiger partial charge in [0.15, 0.2) is 5.96 Å². The van der Waals surface area contributed by atoms with Gasteiger partial charge in [-0.2, -0.15) is 0 Å². The van der Waals surface area contributed by atoms with Gasteiger partial charge in [0.05, 0.1) is 0 Å². The number of rotatable bonds is 7. The molecule has 0 aromatic carbocycles. The molecular weight excluding hydrogens is 317 g/mol. The van der Waals surface area contributed by atoms with Crippen LogP contribution in [-0.2, 0) is 4.74 Å². The highest BCUT2D eigenvalue weighted by Crippen LogP contribution is 1.87. The van der Waals surface area contributed by atoms with Crippen LogP contribution in [-0.4, -0.2) is 39.3 Å². The summed E-state index contributed by atoms with van der Waals surface area (Å²) in [6, 6.07) is 0. The van der Waals surface area contributed by atoms with Gasteiger partial charge in [-0.25, -0.2) is 0 Å².